The van der Waals surface area contributed by atoms with Crippen molar-refractivity contribution in [2.75, 3.05) is 0 Å². The second-order valence-electron chi connectivity index (χ2n) is 4.15. The van der Waals surface area contributed by atoms with E-state index in [9.17, 15) is 4.79 Å². The SMILES string of the molecule is CC(C)c1ccc(Br)cc1CC(N)C(=O)O. The largest absolute Gasteiger partial charge is 0.480 e. The molecule has 0 amide bonds. The van der Waals surface area contributed by atoms with Gasteiger partial charge in [-0.25, -0.2) is 0 Å². The van der Waals surface area contributed by atoms with Crippen molar-refractivity contribution in [1.29, 1.82) is 0 Å². The fourth-order valence-electron chi connectivity index (χ4n) is 1.64. The summed E-state index contributed by atoms with van der Waals surface area (Å²) in [7, 11) is 0. The first kappa shape index (κ1) is 13.2. The zero-order valence-electron chi connectivity index (χ0n) is 9.40. The summed E-state index contributed by atoms with van der Waals surface area (Å²) in [6, 6.07) is 5.08. The molecule has 16 heavy (non-hydrogen) atoms. The minimum Gasteiger partial charge on any atom is -0.480 e. The Hall–Kier alpha value is -0.870. The molecular formula is C12H16BrNO2. The Bertz CT molecular complexity index is 391. The number of carboxylic acid groups (broad SMARTS) is 1. The number of aliphatic carboxylic acids is 1. The molecule has 3 nitrogen and oxygen atoms in total. The monoisotopic (exact) mass is 285 g/mol. The molecule has 0 aliphatic rings. The average molecular weight is 286 g/mol. The Balaban J connectivity index is 3.01. The summed E-state index contributed by atoms with van der Waals surface area (Å²) in [5.41, 5.74) is 7.70. The number of nitrogens with two attached hydrogens (primary N) is 1. The van der Waals surface area contributed by atoms with Gasteiger partial charge in [0.1, 0.15) is 6.04 Å². The number of carboxylic acids is 1. The van der Waals surface area contributed by atoms with Crippen LogP contribution in [0.3, 0.4) is 0 Å². The van der Waals surface area contributed by atoms with Gasteiger partial charge >= 0.3 is 5.97 Å². The molecule has 0 heterocycles. The Morgan fingerprint density at radius 2 is 2.12 bits per heavy atom. The van der Waals surface area contributed by atoms with E-state index in [2.05, 4.69) is 29.8 Å². The first-order valence-corrected chi connectivity index (χ1v) is 5.97. The molecule has 1 atom stereocenters. The van der Waals surface area contributed by atoms with Crippen molar-refractivity contribution < 1.29 is 9.90 Å². The van der Waals surface area contributed by atoms with Crippen LogP contribution in [-0.4, -0.2) is 17.1 Å². The van der Waals surface area contributed by atoms with Crippen LogP contribution >= 0.6 is 15.9 Å². The number of hydrogen-bond acceptors (Lipinski definition) is 2. The summed E-state index contributed by atoms with van der Waals surface area (Å²) < 4.78 is 0.949. The Kier molecular flexibility index (Phi) is 4.50. The zero-order chi connectivity index (χ0) is 12.3. The van der Waals surface area contributed by atoms with Gasteiger partial charge in [-0.1, -0.05) is 35.8 Å². The fourth-order valence-corrected chi connectivity index (χ4v) is 2.05. The molecule has 0 spiro atoms. The standard InChI is InChI=1S/C12H16BrNO2/c1-7(2)10-4-3-9(13)5-8(10)6-11(14)12(15)16/h3-5,7,11H,6,14H2,1-2H3,(H,15,16). The molecular weight excluding hydrogens is 270 g/mol. The van der Waals surface area contributed by atoms with Crippen LogP contribution in [0.5, 0.6) is 0 Å². The molecule has 1 rings (SSSR count). The van der Waals surface area contributed by atoms with Crippen LogP contribution in [0.1, 0.15) is 30.9 Å². The van der Waals surface area contributed by atoms with Crippen molar-refractivity contribution in [3.8, 4) is 0 Å². The average Bonchev–Trinajstić information content (AvgIpc) is 2.16. The highest BCUT2D eigenvalue weighted by Gasteiger charge is 2.15. The number of benzene rings is 1. The second kappa shape index (κ2) is 5.46. The summed E-state index contributed by atoms with van der Waals surface area (Å²) >= 11 is 3.38. The van der Waals surface area contributed by atoms with E-state index in [1.54, 1.807) is 0 Å². The highest BCUT2D eigenvalue weighted by atomic mass is 79.9. The number of rotatable bonds is 4. The van der Waals surface area contributed by atoms with E-state index in [1.807, 2.05) is 18.2 Å². The smallest absolute Gasteiger partial charge is 0.320 e. The van der Waals surface area contributed by atoms with Crippen molar-refractivity contribution in [2.45, 2.75) is 32.2 Å². The third-order valence-electron chi connectivity index (χ3n) is 2.48. The van der Waals surface area contributed by atoms with E-state index in [0.717, 1.165) is 15.6 Å². The lowest BCUT2D eigenvalue weighted by molar-refractivity contribution is -0.138. The summed E-state index contributed by atoms with van der Waals surface area (Å²) in [5.74, 6) is -0.598. The molecule has 1 aromatic carbocycles. The molecule has 1 aromatic rings. The minimum atomic E-state index is -0.963. The van der Waals surface area contributed by atoms with Crippen LogP contribution in [0.25, 0.3) is 0 Å². The Morgan fingerprint density at radius 1 is 1.50 bits per heavy atom. The van der Waals surface area contributed by atoms with E-state index < -0.39 is 12.0 Å². The molecule has 0 saturated heterocycles. The van der Waals surface area contributed by atoms with Gasteiger partial charge in [0.2, 0.25) is 0 Å². The summed E-state index contributed by atoms with van der Waals surface area (Å²) in [5, 5.41) is 8.81. The number of carbonyl (C=O) groups is 1. The van der Waals surface area contributed by atoms with Gasteiger partial charge in [-0.15, -0.1) is 0 Å². The second-order valence-corrected chi connectivity index (χ2v) is 5.06. The van der Waals surface area contributed by atoms with Gasteiger partial charge in [0.05, 0.1) is 0 Å². The van der Waals surface area contributed by atoms with Crippen LogP contribution in [0.15, 0.2) is 22.7 Å². The molecule has 4 heteroatoms. The molecule has 0 aliphatic heterocycles. The van der Waals surface area contributed by atoms with Gasteiger partial charge in [-0.2, -0.15) is 0 Å². The van der Waals surface area contributed by atoms with Gasteiger partial charge in [0, 0.05) is 4.47 Å². The Morgan fingerprint density at radius 3 is 2.62 bits per heavy atom. The van der Waals surface area contributed by atoms with Crippen molar-refractivity contribution >= 4 is 21.9 Å². The molecule has 0 radical (unpaired) electrons. The van der Waals surface area contributed by atoms with Crippen molar-refractivity contribution in [3.05, 3.63) is 33.8 Å². The molecule has 0 aliphatic carbocycles. The maximum absolute atomic E-state index is 10.7. The summed E-state index contributed by atoms with van der Waals surface area (Å²) in [6.07, 6.45) is 0.363. The maximum atomic E-state index is 10.7. The van der Waals surface area contributed by atoms with E-state index in [0.29, 0.717) is 12.3 Å². The molecule has 0 fully saturated rings. The minimum absolute atomic E-state index is 0.363. The van der Waals surface area contributed by atoms with Crippen molar-refractivity contribution in [3.63, 3.8) is 0 Å². The highest BCUT2D eigenvalue weighted by molar-refractivity contribution is 9.10. The predicted molar refractivity (Wildman–Crippen MR) is 67.5 cm³/mol. The van der Waals surface area contributed by atoms with Gasteiger partial charge in [0.25, 0.3) is 0 Å². The first-order chi connectivity index (χ1) is 7.41. The van der Waals surface area contributed by atoms with Crippen molar-refractivity contribution in [1.82, 2.24) is 0 Å². The number of hydrogen-bond donors (Lipinski definition) is 2. The highest BCUT2D eigenvalue weighted by Crippen LogP contribution is 2.24. The van der Waals surface area contributed by atoms with Crippen LogP contribution < -0.4 is 5.73 Å². The van der Waals surface area contributed by atoms with Gasteiger partial charge in [-0.05, 0) is 35.6 Å². The van der Waals surface area contributed by atoms with E-state index in [-0.39, 0.29) is 0 Å². The molecule has 0 saturated carbocycles. The van der Waals surface area contributed by atoms with Crippen LogP contribution in [0.2, 0.25) is 0 Å². The molecule has 0 aromatic heterocycles. The predicted octanol–water partition coefficient (Wildman–Crippen LogP) is 2.53. The maximum Gasteiger partial charge on any atom is 0.320 e. The topological polar surface area (TPSA) is 63.3 Å². The van der Waals surface area contributed by atoms with Crippen LogP contribution in [-0.2, 0) is 11.2 Å². The van der Waals surface area contributed by atoms with E-state index >= 15 is 0 Å². The zero-order valence-corrected chi connectivity index (χ0v) is 11.0. The van der Waals surface area contributed by atoms with Gasteiger partial charge in [0.15, 0.2) is 0 Å². The summed E-state index contributed by atoms with van der Waals surface area (Å²) in [6.45, 7) is 4.16. The van der Waals surface area contributed by atoms with Gasteiger partial charge in [-0.3, -0.25) is 4.79 Å². The first-order valence-electron chi connectivity index (χ1n) is 5.18. The van der Waals surface area contributed by atoms with Crippen LogP contribution in [0, 0.1) is 0 Å². The fraction of sp³-hybridized carbons (Fsp3) is 0.417. The lowest BCUT2D eigenvalue weighted by atomic mass is 9.93. The molecule has 0 bridgehead atoms. The van der Waals surface area contributed by atoms with Gasteiger partial charge < -0.3 is 10.8 Å². The normalized spacial score (nSPS) is 12.8. The third-order valence-corrected chi connectivity index (χ3v) is 2.98. The Labute approximate surface area is 104 Å². The third kappa shape index (κ3) is 3.32. The number of halogens is 1. The molecule has 88 valence electrons. The van der Waals surface area contributed by atoms with E-state index in [1.165, 1.54) is 0 Å². The van der Waals surface area contributed by atoms with E-state index in [4.69, 9.17) is 10.8 Å². The lowest BCUT2D eigenvalue weighted by Crippen LogP contribution is -2.32. The van der Waals surface area contributed by atoms with Crippen molar-refractivity contribution in [2.24, 2.45) is 5.73 Å². The quantitative estimate of drug-likeness (QED) is 0.894. The lowest BCUT2D eigenvalue weighted by Gasteiger charge is -2.15. The van der Waals surface area contributed by atoms with Crippen LogP contribution in [0.4, 0.5) is 0 Å². The molecule has 3 N–H and O–H groups in total. The summed E-state index contributed by atoms with van der Waals surface area (Å²) in [4.78, 5) is 10.7. The molecule has 1 unspecified atom stereocenters.